The van der Waals surface area contributed by atoms with Gasteiger partial charge in [-0.3, -0.25) is 9.69 Å². The van der Waals surface area contributed by atoms with Gasteiger partial charge in [-0.15, -0.1) is 0 Å². The van der Waals surface area contributed by atoms with Crippen molar-refractivity contribution in [2.75, 3.05) is 13.6 Å². The predicted molar refractivity (Wildman–Crippen MR) is 46.9 cm³/mol. The molecule has 0 aromatic carbocycles. The molecule has 12 heavy (non-hydrogen) atoms. The van der Waals surface area contributed by atoms with E-state index in [2.05, 4.69) is 0 Å². The minimum atomic E-state index is -0.317. The van der Waals surface area contributed by atoms with Crippen LogP contribution in [0.4, 0.5) is 0 Å². The number of carbonyl (C=O) groups is 1. The minimum Gasteiger partial charge on any atom is -0.392 e. The SMILES string of the molecule is CC(C)C(=O)C1CC(O)CN1C. The van der Waals surface area contributed by atoms with Gasteiger partial charge in [0.15, 0.2) is 5.78 Å². The molecule has 0 bridgehead atoms. The Kier molecular flexibility index (Phi) is 2.85. The van der Waals surface area contributed by atoms with Crippen LogP contribution in [0, 0.1) is 5.92 Å². The molecule has 2 atom stereocenters. The number of nitrogens with zero attached hydrogens (tertiary/aromatic N) is 1. The molecule has 0 saturated carbocycles. The number of likely N-dealkylation sites (N-methyl/N-ethyl adjacent to an activating group) is 1. The maximum atomic E-state index is 11.5. The van der Waals surface area contributed by atoms with Crippen molar-refractivity contribution in [2.24, 2.45) is 5.92 Å². The van der Waals surface area contributed by atoms with E-state index in [0.29, 0.717) is 13.0 Å². The van der Waals surface area contributed by atoms with Crippen LogP contribution in [0.1, 0.15) is 20.3 Å². The lowest BCUT2D eigenvalue weighted by Crippen LogP contribution is -2.35. The fourth-order valence-electron chi connectivity index (χ4n) is 1.69. The number of hydrogen-bond donors (Lipinski definition) is 1. The van der Waals surface area contributed by atoms with Gasteiger partial charge in [-0.05, 0) is 13.5 Å². The zero-order valence-corrected chi connectivity index (χ0v) is 7.95. The first-order chi connectivity index (χ1) is 5.52. The minimum absolute atomic E-state index is 0.0556. The molecule has 0 aromatic rings. The number of carbonyl (C=O) groups excluding carboxylic acids is 1. The molecule has 2 unspecified atom stereocenters. The highest BCUT2D eigenvalue weighted by molar-refractivity contribution is 5.86. The Hall–Kier alpha value is -0.410. The Labute approximate surface area is 73.4 Å². The normalized spacial score (nSPS) is 31.4. The first-order valence-corrected chi connectivity index (χ1v) is 4.44. The molecule has 1 rings (SSSR count). The molecule has 1 aliphatic rings. The van der Waals surface area contributed by atoms with E-state index in [0.717, 1.165) is 0 Å². The van der Waals surface area contributed by atoms with Crippen molar-refractivity contribution in [3.05, 3.63) is 0 Å². The summed E-state index contributed by atoms with van der Waals surface area (Å²) in [5.74, 6) is 0.316. The zero-order valence-electron chi connectivity index (χ0n) is 7.95. The molecule has 1 fully saturated rings. The second-order valence-electron chi connectivity index (χ2n) is 3.90. The summed E-state index contributed by atoms with van der Waals surface area (Å²) in [7, 11) is 1.89. The van der Waals surface area contributed by atoms with Crippen LogP contribution in [0.3, 0.4) is 0 Å². The average Bonchev–Trinajstić information content (AvgIpc) is 2.28. The van der Waals surface area contributed by atoms with Gasteiger partial charge in [0.05, 0.1) is 12.1 Å². The van der Waals surface area contributed by atoms with Gasteiger partial charge in [-0.2, -0.15) is 0 Å². The summed E-state index contributed by atoms with van der Waals surface area (Å²) in [4.78, 5) is 13.5. The highest BCUT2D eigenvalue weighted by atomic mass is 16.3. The smallest absolute Gasteiger partial charge is 0.152 e. The number of rotatable bonds is 2. The van der Waals surface area contributed by atoms with Gasteiger partial charge >= 0.3 is 0 Å². The van der Waals surface area contributed by atoms with E-state index in [1.807, 2.05) is 25.8 Å². The summed E-state index contributed by atoms with van der Waals surface area (Å²) in [6.07, 6.45) is 0.288. The number of ketones is 1. The molecule has 1 N–H and O–H groups in total. The van der Waals surface area contributed by atoms with Crippen molar-refractivity contribution >= 4 is 5.78 Å². The van der Waals surface area contributed by atoms with E-state index in [-0.39, 0.29) is 23.8 Å². The van der Waals surface area contributed by atoms with Crippen LogP contribution in [-0.4, -0.2) is 41.5 Å². The molecule has 1 aliphatic heterocycles. The summed E-state index contributed by atoms with van der Waals surface area (Å²) < 4.78 is 0. The van der Waals surface area contributed by atoms with Gasteiger partial charge in [0.1, 0.15) is 0 Å². The van der Waals surface area contributed by atoms with Gasteiger partial charge in [0, 0.05) is 12.5 Å². The Morgan fingerprint density at radius 2 is 2.17 bits per heavy atom. The molecule has 3 heteroatoms. The monoisotopic (exact) mass is 171 g/mol. The number of aliphatic hydroxyl groups is 1. The summed E-state index contributed by atoms with van der Waals surface area (Å²) >= 11 is 0. The van der Waals surface area contributed by atoms with E-state index in [9.17, 15) is 9.90 Å². The molecular weight excluding hydrogens is 154 g/mol. The molecule has 0 spiro atoms. The number of likely N-dealkylation sites (tertiary alicyclic amines) is 1. The van der Waals surface area contributed by atoms with Crippen LogP contribution in [0.25, 0.3) is 0 Å². The van der Waals surface area contributed by atoms with E-state index >= 15 is 0 Å². The largest absolute Gasteiger partial charge is 0.392 e. The third kappa shape index (κ3) is 1.84. The van der Waals surface area contributed by atoms with Gasteiger partial charge < -0.3 is 5.11 Å². The third-order valence-electron chi connectivity index (χ3n) is 2.42. The Morgan fingerprint density at radius 3 is 2.50 bits per heavy atom. The van der Waals surface area contributed by atoms with E-state index in [1.165, 1.54) is 0 Å². The number of Topliss-reactive ketones (excluding diaryl/α,β-unsaturated/α-hetero) is 1. The first kappa shape index (κ1) is 9.68. The second-order valence-corrected chi connectivity index (χ2v) is 3.90. The molecule has 3 nitrogen and oxygen atoms in total. The van der Waals surface area contributed by atoms with Gasteiger partial charge in [-0.25, -0.2) is 0 Å². The first-order valence-electron chi connectivity index (χ1n) is 4.44. The Bertz CT molecular complexity index is 179. The van der Waals surface area contributed by atoms with Gasteiger partial charge in [-0.1, -0.05) is 13.8 Å². The Morgan fingerprint density at radius 1 is 1.58 bits per heavy atom. The molecule has 0 radical (unpaired) electrons. The lowest BCUT2D eigenvalue weighted by molar-refractivity contribution is -0.125. The standard InChI is InChI=1S/C9H17NO2/c1-6(2)9(12)8-4-7(11)5-10(8)3/h6-8,11H,4-5H2,1-3H3. The maximum absolute atomic E-state index is 11.5. The van der Waals surface area contributed by atoms with Crippen LogP contribution in [0.5, 0.6) is 0 Å². The summed E-state index contributed by atoms with van der Waals surface area (Å²) in [5.41, 5.74) is 0. The van der Waals surface area contributed by atoms with Crippen LogP contribution in [-0.2, 0) is 4.79 Å². The van der Waals surface area contributed by atoms with Crippen molar-refractivity contribution in [1.29, 1.82) is 0 Å². The molecular formula is C9H17NO2. The zero-order chi connectivity index (χ0) is 9.30. The fourth-order valence-corrected chi connectivity index (χ4v) is 1.69. The van der Waals surface area contributed by atoms with E-state index in [1.54, 1.807) is 0 Å². The Balaban J connectivity index is 2.58. The van der Waals surface area contributed by atoms with Crippen LogP contribution in [0.15, 0.2) is 0 Å². The third-order valence-corrected chi connectivity index (χ3v) is 2.42. The number of hydrogen-bond acceptors (Lipinski definition) is 3. The number of aliphatic hydroxyl groups excluding tert-OH is 1. The lowest BCUT2D eigenvalue weighted by Gasteiger charge is -2.19. The van der Waals surface area contributed by atoms with Crippen LogP contribution >= 0.6 is 0 Å². The van der Waals surface area contributed by atoms with Gasteiger partial charge in [0.25, 0.3) is 0 Å². The average molecular weight is 171 g/mol. The van der Waals surface area contributed by atoms with Crippen LogP contribution in [0.2, 0.25) is 0 Å². The molecule has 1 saturated heterocycles. The lowest BCUT2D eigenvalue weighted by atomic mass is 10.00. The van der Waals surface area contributed by atoms with Crippen molar-refractivity contribution in [3.63, 3.8) is 0 Å². The molecule has 0 aliphatic carbocycles. The summed E-state index contributed by atoms with van der Waals surface area (Å²) in [6, 6.07) is -0.0556. The van der Waals surface area contributed by atoms with Crippen molar-refractivity contribution in [1.82, 2.24) is 4.90 Å². The van der Waals surface area contributed by atoms with Crippen molar-refractivity contribution < 1.29 is 9.90 Å². The quantitative estimate of drug-likeness (QED) is 0.648. The maximum Gasteiger partial charge on any atom is 0.152 e. The highest BCUT2D eigenvalue weighted by Gasteiger charge is 2.33. The summed E-state index contributed by atoms with van der Waals surface area (Å²) in [5, 5.41) is 9.31. The van der Waals surface area contributed by atoms with E-state index < -0.39 is 0 Å². The van der Waals surface area contributed by atoms with Crippen molar-refractivity contribution in [3.8, 4) is 0 Å². The van der Waals surface area contributed by atoms with Crippen LogP contribution < -0.4 is 0 Å². The molecule has 0 aromatic heterocycles. The van der Waals surface area contributed by atoms with Gasteiger partial charge in [0.2, 0.25) is 0 Å². The second kappa shape index (κ2) is 3.54. The fraction of sp³-hybridized carbons (Fsp3) is 0.889. The van der Waals surface area contributed by atoms with E-state index in [4.69, 9.17) is 0 Å². The number of β-amino-alcohol motifs (C(OH)–C–C–N with tert-alkyl or cyclic N) is 1. The summed E-state index contributed by atoms with van der Waals surface area (Å²) in [6.45, 7) is 4.44. The topological polar surface area (TPSA) is 40.5 Å². The highest BCUT2D eigenvalue weighted by Crippen LogP contribution is 2.19. The molecule has 0 amide bonds. The molecule has 1 heterocycles. The predicted octanol–water partition coefficient (Wildman–Crippen LogP) is 0.277. The molecule has 70 valence electrons. The van der Waals surface area contributed by atoms with Crippen molar-refractivity contribution in [2.45, 2.75) is 32.4 Å².